The van der Waals surface area contributed by atoms with Crippen LogP contribution in [0.2, 0.25) is 0 Å². The Labute approximate surface area is 77.2 Å². The fourth-order valence-corrected chi connectivity index (χ4v) is 1.07. The first-order valence-corrected chi connectivity index (χ1v) is 4.13. The van der Waals surface area contributed by atoms with Crippen molar-refractivity contribution in [2.75, 3.05) is 0 Å². The predicted octanol–water partition coefficient (Wildman–Crippen LogP) is 1.60. The van der Waals surface area contributed by atoms with Crippen LogP contribution in [0.15, 0.2) is 24.3 Å². The Bertz CT molecular complexity index is 276. The van der Waals surface area contributed by atoms with E-state index in [0.29, 0.717) is 5.56 Å². The van der Waals surface area contributed by atoms with Crippen molar-refractivity contribution in [3.63, 3.8) is 0 Å². The van der Waals surface area contributed by atoms with Crippen LogP contribution < -0.4 is 5.73 Å². The molecule has 1 unspecified atom stereocenters. The monoisotopic (exact) mass is 183 g/mol. The first kappa shape index (κ1) is 10.2. The molecule has 0 radical (unpaired) electrons. The molecule has 0 bridgehead atoms. The highest BCUT2D eigenvalue weighted by Gasteiger charge is 2.23. The number of hydrogen-bond donors (Lipinski definition) is 2. The van der Waals surface area contributed by atoms with Gasteiger partial charge in [-0.1, -0.05) is 12.1 Å². The average Bonchev–Trinajstić information content (AvgIpc) is 2.03. The summed E-state index contributed by atoms with van der Waals surface area (Å²) in [6, 6.07) is 5.69. The van der Waals surface area contributed by atoms with Crippen LogP contribution in [0.3, 0.4) is 0 Å². The number of rotatable bonds is 2. The van der Waals surface area contributed by atoms with E-state index in [2.05, 4.69) is 0 Å². The van der Waals surface area contributed by atoms with Gasteiger partial charge in [-0.05, 0) is 31.5 Å². The van der Waals surface area contributed by atoms with Gasteiger partial charge in [-0.15, -0.1) is 0 Å². The van der Waals surface area contributed by atoms with Crippen LogP contribution in [0.1, 0.15) is 25.5 Å². The SMILES string of the molecule is CC(C)(N)C(O)c1ccc(F)cc1. The molecule has 0 heterocycles. The van der Waals surface area contributed by atoms with Crippen LogP contribution in [0.25, 0.3) is 0 Å². The molecule has 1 rings (SSSR count). The van der Waals surface area contributed by atoms with E-state index in [1.165, 1.54) is 24.3 Å². The minimum Gasteiger partial charge on any atom is -0.387 e. The van der Waals surface area contributed by atoms with E-state index in [1.54, 1.807) is 13.8 Å². The molecule has 72 valence electrons. The molecule has 3 heteroatoms. The van der Waals surface area contributed by atoms with Gasteiger partial charge in [0.25, 0.3) is 0 Å². The van der Waals surface area contributed by atoms with Gasteiger partial charge in [0.2, 0.25) is 0 Å². The third kappa shape index (κ3) is 2.50. The zero-order valence-electron chi connectivity index (χ0n) is 7.79. The molecule has 2 nitrogen and oxygen atoms in total. The maximum Gasteiger partial charge on any atom is 0.123 e. The van der Waals surface area contributed by atoms with Crippen LogP contribution in [0.5, 0.6) is 0 Å². The molecule has 0 saturated heterocycles. The van der Waals surface area contributed by atoms with E-state index in [9.17, 15) is 9.50 Å². The fraction of sp³-hybridized carbons (Fsp3) is 0.400. The summed E-state index contributed by atoms with van der Waals surface area (Å²) in [5.41, 5.74) is 5.63. The summed E-state index contributed by atoms with van der Waals surface area (Å²) in [7, 11) is 0. The van der Waals surface area contributed by atoms with Crippen LogP contribution in [-0.2, 0) is 0 Å². The van der Waals surface area contributed by atoms with Crippen molar-refractivity contribution in [1.29, 1.82) is 0 Å². The molecule has 0 aromatic heterocycles. The topological polar surface area (TPSA) is 46.2 Å². The highest BCUT2D eigenvalue weighted by atomic mass is 19.1. The normalized spacial score (nSPS) is 14.2. The second-order valence-electron chi connectivity index (χ2n) is 3.78. The number of nitrogens with two attached hydrogens (primary N) is 1. The fourth-order valence-electron chi connectivity index (χ4n) is 1.07. The zero-order chi connectivity index (χ0) is 10.1. The average molecular weight is 183 g/mol. The van der Waals surface area contributed by atoms with Crippen molar-refractivity contribution >= 4 is 0 Å². The molecular formula is C10H14FNO. The van der Waals surface area contributed by atoms with Gasteiger partial charge in [0.05, 0.1) is 6.10 Å². The van der Waals surface area contributed by atoms with Crippen molar-refractivity contribution in [2.45, 2.75) is 25.5 Å². The summed E-state index contributed by atoms with van der Waals surface area (Å²) < 4.78 is 12.5. The number of aliphatic hydroxyl groups excluding tert-OH is 1. The lowest BCUT2D eigenvalue weighted by Gasteiger charge is -2.25. The van der Waals surface area contributed by atoms with Crippen LogP contribution in [0, 0.1) is 5.82 Å². The summed E-state index contributed by atoms with van der Waals surface area (Å²) in [6.45, 7) is 3.45. The van der Waals surface area contributed by atoms with Gasteiger partial charge >= 0.3 is 0 Å². The Morgan fingerprint density at radius 3 is 2.15 bits per heavy atom. The van der Waals surface area contributed by atoms with Gasteiger partial charge in [0.1, 0.15) is 5.82 Å². The predicted molar refractivity (Wildman–Crippen MR) is 49.6 cm³/mol. The number of halogens is 1. The van der Waals surface area contributed by atoms with Crippen LogP contribution in [0.4, 0.5) is 4.39 Å². The van der Waals surface area contributed by atoms with E-state index < -0.39 is 11.6 Å². The summed E-state index contributed by atoms with van der Waals surface area (Å²) in [5.74, 6) is -0.314. The molecule has 0 aliphatic carbocycles. The maximum absolute atomic E-state index is 12.5. The molecule has 0 fully saturated rings. The van der Waals surface area contributed by atoms with E-state index in [0.717, 1.165) is 0 Å². The molecule has 3 N–H and O–H groups in total. The van der Waals surface area contributed by atoms with Crippen molar-refractivity contribution in [3.8, 4) is 0 Å². The second-order valence-corrected chi connectivity index (χ2v) is 3.78. The minimum absolute atomic E-state index is 0.314. The lowest BCUT2D eigenvalue weighted by molar-refractivity contribution is 0.104. The quantitative estimate of drug-likeness (QED) is 0.731. The largest absolute Gasteiger partial charge is 0.387 e. The van der Waals surface area contributed by atoms with E-state index in [4.69, 9.17) is 5.73 Å². The molecule has 0 aliphatic heterocycles. The summed E-state index contributed by atoms with van der Waals surface area (Å²) in [4.78, 5) is 0. The molecule has 0 spiro atoms. The van der Waals surface area contributed by atoms with E-state index in [-0.39, 0.29) is 5.82 Å². The van der Waals surface area contributed by atoms with E-state index in [1.807, 2.05) is 0 Å². The maximum atomic E-state index is 12.5. The lowest BCUT2D eigenvalue weighted by atomic mass is 9.92. The molecule has 0 amide bonds. The Balaban J connectivity index is 2.90. The Morgan fingerprint density at radius 1 is 1.31 bits per heavy atom. The highest BCUT2D eigenvalue weighted by Crippen LogP contribution is 2.22. The Morgan fingerprint density at radius 2 is 1.77 bits per heavy atom. The van der Waals surface area contributed by atoms with Gasteiger partial charge in [0, 0.05) is 5.54 Å². The number of benzene rings is 1. The Hall–Kier alpha value is -0.930. The first-order valence-electron chi connectivity index (χ1n) is 4.13. The standard InChI is InChI=1S/C10H14FNO/c1-10(2,12)9(13)7-3-5-8(11)6-4-7/h3-6,9,13H,12H2,1-2H3. The molecule has 0 saturated carbocycles. The van der Waals surface area contributed by atoms with Gasteiger partial charge in [-0.2, -0.15) is 0 Å². The van der Waals surface area contributed by atoms with Crippen molar-refractivity contribution in [1.82, 2.24) is 0 Å². The van der Waals surface area contributed by atoms with Gasteiger partial charge < -0.3 is 10.8 Å². The summed E-state index contributed by atoms with van der Waals surface area (Å²) in [5, 5.41) is 9.70. The van der Waals surface area contributed by atoms with Crippen LogP contribution in [-0.4, -0.2) is 10.6 Å². The summed E-state index contributed by atoms with van der Waals surface area (Å²) >= 11 is 0. The molecule has 0 aliphatic rings. The van der Waals surface area contributed by atoms with Crippen molar-refractivity contribution in [3.05, 3.63) is 35.6 Å². The Kier molecular flexibility index (Phi) is 2.68. The summed E-state index contributed by atoms with van der Waals surface area (Å²) in [6.07, 6.45) is -0.770. The van der Waals surface area contributed by atoms with Crippen LogP contribution >= 0.6 is 0 Å². The van der Waals surface area contributed by atoms with Crippen molar-refractivity contribution in [2.24, 2.45) is 5.73 Å². The smallest absolute Gasteiger partial charge is 0.123 e. The molecule has 1 atom stereocenters. The zero-order valence-corrected chi connectivity index (χ0v) is 7.79. The number of aliphatic hydroxyl groups is 1. The highest BCUT2D eigenvalue weighted by molar-refractivity contribution is 5.21. The minimum atomic E-state index is -0.770. The molecular weight excluding hydrogens is 169 g/mol. The lowest BCUT2D eigenvalue weighted by Crippen LogP contribution is -2.39. The number of hydrogen-bond acceptors (Lipinski definition) is 2. The second kappa shape index (κ2) is 3.44. The first-order chi connectivity index (χ1) is 5.91. The molecule has 13 heavy (non-hydrogen) atoms. The van der Waals surface area contributed by atoms with E-state index >= 15 is 0 Å². The van der Waals surface area contributed by atoms with Gasteiger partial charge in [-0.25, -0.2) is 4.39 Å². The molecule has 1 aromatic rings. The third-order valence-corrected chi connectivity index (χ3v) is 1.89. The van der Waals surface area contributed by atoms with Crippen molar-refractivity contribution < 1.29 is 9.50 Å². The van der Waals surface area contributed by atoms with Gasteiger partial charge in [-0.3, -0.25) is 0 Å². The third-order valence-electron chi connectivity index (χ3n) is 1.89. The van der Waals surface area contributed by atoms with Gasteiger partial charge in [0.15, 0.2) is 0 Å². The molecule has 1 aromatic carbocycles.